The summed E-state index contributed by atoms with van der Waals surface area (Å²) in [6.45, 7) is 2.73. The molecular weight excluding hydrogens is 364 g/mol. The van der Waals surface area contributed by atoms with E-state index in [0.717, 1.165) is 12.8 Å². The van der Waals surface area contributed by atoms with Gasteiger partial charge in [-0.3, -0.25) is 19.2 Å². The Hall–Kier alpha value is -3.10. The highest BCUT2D eigenvalue weighted by atomic mass is 16.5. The molecule has 4 N–H and O–H groups in total. The van der Waals surface area contributed by atoms with Gasteiger partial charge in [-0.1, -0.05) is 25.5 Å². The van der Waals surface area contributed by atoms with Crippen LogP contribution in [0.1, 0.15) is 36.5 Å². The van der Waals surface area contributed by atoms with Gasteiger partial charge in [-0.25, -0.2) is 0 Å². The highest BCUT2D eigenvalue weighted by molar-refractivity contribution is 5.99. The summed E-state index contributed by atoms with van der Waals surface area (Å²) in [5.74, 6) is -1.87. The lowest BCUT2D eigenvalue weighted by atomic mass is 10.1. The number of amides is 3. The van der Waals surface area contributed by atoms with Gasteiger partial charge in [0.05, 0.1) is 25.1 Å². The number of rotatable bonds is 9. The number of nitrogens with zero attached hydrogens (tertiary/aromatic N) is 1. The Balaban J connectivity index is 2.00. The molecule has 2 rings (SSSR count). The third-order valence-electron chi connectivity index (χ3n) is 4.39. The molecule has 3 amide bonds. The maximum atomic E-state index is 12.7. The van der Waals surface area contributed by atoms with E-state index in [-0.39, 0.29) is 36.9 Å². The number of piperazine rings is 1. The van der Waals surface area contributed by atoms with Crippen LogP contribution in [0.5, 0.6) is 0 Å². The molecular formula is C19H26N4O5. The topological polar surface area (TPSA) is 131 Å². The van der Waals surface area contributed by atoms with Gasteiger partial charge in [0.15, 0.2) is 0 Å². The molecule has 1 fully saturated rings. The molecule has 0 aliphatic carbocycles. The molecule has 1 aromatic rings. The Labute approximate surface area is 163 Å². The monoisotopic (exact) mass is 390 g/mol. The maximum Gasteiger partial charge on any atom is 0.308 e. The number of ether oxygens (including phenoxy) is 1. The third kappa shape index (κ3) is 5.70. The number of anilines is 1. The van der Waals surface area contributed by atoms with E-state index in [1.807, 2.05) is 6.92 Å². The van der Waals surface area contributed by atoms with Gasteiger partial charge in [-0.15, -0.1) is 0 Å². The van der Waals surface area contributed by atoms with Crippen molar-refractivity contribution in [1.82, 2.24) is 10.2 Å². The first kappa shape index (κ1) is 21.2. The molecule has 152 valence electrons. The number of unbranched alkanes of at least 4 members (excludes halogenated alkanes) is 1. The van der Waals surface area contributed by atoms with Crippen molar-refractivity contribution in [3.05, 3.63) is 29.8 Å². The Morgan fingerprint density at radius 2 is 2.07 bits per heavy atom. The van der Waals surface area contributed by atoms with E-state index < -0.39 is 17.9 Å². The number of hydrogen-bond donors (Lipinski definition) is 3. The van der Waals surface area contributed by atoms with Crippen LogP contribution in [0.2, 0.25) is 0 Å². The predicted molar refractivity (Wildman–Crippen MR) is 102 cm³/mol. The van der Waals surface area contributed by atoms with Crippen LogP contribution in [0.3, 0.4) is 0 Å². The van der Waals surface area contributed by atoms with Crippen LogP contribution in [-0.2, 0) is 19.1 Å². The molecule has 1 aliphatic rings. The summed E-state index contributed by atoms with van der Waals surface area (Å²) in [6, 6.07) is 5.66. The van der Waals surface area contributed by atoms with Gasteiger partial charge in [0, 0.05) is 18.8 Å². The molecule has 9 nitrogen and oxygen atoms in total. The fraction of sp³-hybridized carbons (Fsp3) is 0.474. The molecule has 0 aromatic heterocycles. The first-order valence-electron chi connectivity index (χ1n) is 9.29. The van der Waals surface area contributed by atoms with Crippen molar-refractivity contribution in [2.75, 3.05) is 31.6 Å². The van der Waals surface area contributed by atoms with Gasteiger partial charge < -0.3 is 26.0 Å². The minimum atomic E-state index is -0.913. The van der Waals surface area contributed by atoms with Crippen LogP contribution in [0.25, 0.3) is 0 Å². The van der Waals surface area contributed by atoms with Crippen LogP contribution in [0.4, 0.5) is 5.69 Å². The lowest BCUT2D eigenvalue weighted by Crippen LogP contribution is -2.58. The molecule has 0 spiro atoms. The molecule has 1 aliphatic heterocycles. The molecule has 28 heavy (non-hydrogen) atoms. The summed E-state index contributed by atoms with van der Waals surface area (Å²) < 4.78 is 5.11. The summed E-state index contributed by atoms with van der Waals surface area (Å²) >= 11 is 0. The quantitative estimate of drug-likeness (QED) is 0.409. The van der Waals surface area contributed by atoms with E-state index in [1.165, 1.54) is 4.90 Å². The summed E-state index contributed by atoms with van der Waals surface area (Å²) in [6.07, 6.45) is 1.44. The van der Waals surface area contributed by atoms with Crippen LogP contribution in [-0.4, -0.2) is 60.9 Å². The number of nitrogens with two attached hydrogens (primary N) is 1. The standard InChI is InChI=1S/C19H26N4O5/c1-2-3-10-28-17(25)11-15-19(27)21-8-9-23(15)16(24)12-22-14-7-5-4-6-13(14)18(20)26/h4-7,15,22H,2-3,8-12H2,1H3,(H2,20,26)(H,21,27). The highest BCUT2D eigenvalue weighted by Gasteiger charge is 2.35. The van der Waals surface area contributed by atoms with Crippen molar-refractivity contribution in [2.24, 2.45) is 5.73 Å². The highest BCUT2D eigenvalue weighted by Crippen LogP contribution is 2.15. The minimum absolute atomic E-state index is 0.140. The van der Waals surface area contributed by atoms with Crippen molar-refractivity contribution in [1.29, 1.82) is 0 Å². The predicted octanol–water partition coefficient (Wildman–Crippen LogP) is 0.258. The fourth-order valence-corrected chi connectivity index (χ4v) is 2.89. The number of carbonyl (C=O) groups excluding carboxylic acids is 4. The second-order valence-electron chi connectivity index (χ2n) is 6.44. The number of esters is 1. The molecule has 1 aromatic carbocycles. The van der Waals surface area contributed by atoms with Crippen LogP contribution in [0.15, 0.2) is 24.3 Å². The lowest BCUT2D eigenvalue weighted by Gasteiger charge is -2.34. The Morgan fingerprint density at radius 3 is 2.79 bits per heavy atom. The van der Waals surface area contributed by atoms with Gasteiger partial charge in [-0.2, -0.15) is 0 Å². The fourth-order valence-electron chi connectivity index (χ4n) is 2.89. The van der Waals surface area contributed by atoms with Crippen LogP contribution >= 0.6 is 0 Å². The molecule has 9 heteroatoms. The smallest absolute Gasteiger partial charge is 0.308 e. The van der Waals surface area contributed by atoms with Crippen molar-refractivity contribution in [3.63, 3.8) is 0 Å². The molecule has 0 radical (unpaired) electrons. The summed E-state index contributed by atoms with van der Waals surface area (Å²) in [4.78, 5) is 49.7. The number of hydrogen-bond acceptors (Lipinski definition) is 6. The molecule has 0 bridgehead atoms. The zero-order valence-electron chi connectivity index (χ0n) is 15.9. The first-order valence-corrected chi connectivity index (χ1v) is 9.29. The number of primary amides is 1. The number of nitrogens with one attached hydrogen (secondary N) is 2. The minimum Gasteiger partial charge on any atom is -0.466 e. The van der Waals surface area contributed by atoms with Gasteiger partial charge >= 0.3 is 5.97 Å². The summed E-state index contributed by atoms with van der Waals surface area (Å²) in [5, 5.41) is 5.55. The first-order chi connectivity index (χ1) is 13.4. The van der Waals surface area contributed by atoms with Gasteiger partial charge in [0.25, 0.3) is 5.91 Å². The van der Waals surface area contributed by atoms with E-state index in [4.69, 9.17) is 10.5 Å². The van der Waals surface area contributed by atoms with Crippen LogP contribution in [0, 0.1) is 0 Å². The average Bonchev–Trinajstić information content (AvgIpc) is 2.68. The number of para-hydroxylation sites is 1. The Bertz CT molecular complexity index is 737. The SMILES string of the molecule is CCCCOC(=O)CC1C(=O)NCCN1C(=O)CNc1ccccc1C(N)=O. The zero-order chi connectivity index (χ0) is 20.5. The zero-order valence-corrected chi connectivity index (χ0v) is 15.9. The third-order valence-corrected chi connectivity index (χ3v) is 4.39. The normalized spacial score (nSPS) is 16.2. The Morgan fingerprint density at radius 1 is 1.32 bits per heavy atom. The maximum absolute atomic E-state index is 12.7. The molecule has 1 atom stereocenters. The van der Waals surface area contributed by atoms with Crippen molar-refractivity contribution >= 4 is 29.4 Å². The van der Waals surface area contributed by atoms with Gasteiger partial charge in [0.1, 0.15) is 6.04 Å². The lowest BCUT2D eigenvalue weighted by molar-refractivity contribution is -0.151. The van der Waals surface area contributed by atoms with Gasteiger partial charge in [0.2, 0.25) is 11.8 Å². The van der Waals surface area contributed by atoms with Crippen molar-refractivity contribution in [3.8, 4) is 0 Å². The summed E-state index contributed by atoms with van der Waals surface area (Å²) in [5.41, 5.74) is 6.03. The van der Waals surface area contributed by atoms with E-state index >= 15 is 0 Å². The molecule has 0 saturated carbocycles. The molecule has 1 unspecified atom stereocenters. The van der Waals surface area contributed by atoms with Gasteiger partial charge in [-0.05, 0) is 18.6 Å². The van der Waals surface area contributed by atoms with E-state index in [1.54, 1.807) is 24.3 Å². The van der Waals surface area contributed by atoms with E-state index in [9.17, 15) is 19.2 Å². The number of benzene rings is 1. The van der Waals surface area contributed by atoms with Crippen molar-refractivity contribution < 1.29 is 23.9 Å². The molecule has 1 heterocycles. The van der Waals surface area contributed by atoms with Crippen molar-refractivity contribution in [2.45, 2.75) is 32.2 Å². The van der Waals surface area contributed by atoms with E-state index in [0.29, 0.717) is 18.8 Å². The second-order valence-corrected chi connectivity index (χ2v) is 6.44. The van der Waals surface area contributed by atoms with Crippen LogP contribution < -0.4 is 16.4 Å². The average molecular weight is 390 g/mol. The number of carbonyl (C=O) groups is 4. The molecule has 1 saturated heterocycles. The summed E-state index contributed by atoms with van der Waals surface area (Å²) in [7, 11) is 0. The van der Waals surface area contributed by atoms with E-state index in [2.05, 4.69) is 10.6 Å². The largest absolute Gasteiger partial charge is 0.466 e. The Kier molecular flexibility index (Phi) is 7.79. The second kappa shape index (κ2) is 10.3.